The standard InChI is InChI=1S/C22H18N7O3S2/c1-28(30)15-6-5-7-16(13-15)34(31,32)29(2)22-21(24-17-8-3-4-9-18(17)25-22)23-14-10-11-19-20(12-14)27-33-26-19/h3-13H,1-2H3,(H,23,24)/q+1. The van der Waals surface area contributed by atoms with Gasteiger partial charge in [-0.05, 0) is 36.4 Å². The van der Waals surface area contributed by atoms with Gasteiger partial charge in [0.25, 0.3) is 15.7 Å². The predicted octanol–water partition coefficient (Wildman–Crippen LogP) is 4.24. The summed E-state index contributed by atoms with van der Waals surface area (Å²) in [5.41, 5.74) is 3.51. The summed E-state index contributed by atoms with van der Waals surface area (Å²) in [5, 5.41) is 3.18. The maximum Gasteiger partial charge on any atom is 0.265 e. The Morgan fingerprint density at radius 1 is 0.882 bits per heavy atom. The largest absolute Gasteiger partial charge is 0.337 e. The summed E-state index contributed by atoms with van der Waals surface area (Å²) in [6.45, 7) is 0. The summed E-state index contributed by atoms with van der Waals surface area (Å²) < 4.78 is 37.1. The van der Waals surface area contributed by atoms with Gasteiger partial charge in [-0.3, -0.25) is 0 Å². The lowest BCUT2D eigenvalue weighted by Crippen LogP contribution is -2.28. The summed E-state index contributed by atoms with van der Waals surface area (Å²) in [6.07, 6.45) is 0. The summed E-state index contributed by atoms with van der Waals surface area (Å²) in [6, 6.07) is 18.5. The van der Waals surface area contributed by atoms with E-state index in [1.165, 1.54) is 38.4 Å². The van der Waals surface area contributed by atoms with E-state index in [0.29, 0.717) is 27.0 Å². The number of para-hydroxylation sites is 2. The van der Waals surface area contributed by atoms with Crippen molar-refractivity contribution in [1.82, 2.24) is 18.7 Å². The van der Waals surface area contributed by atoms with Gasteiger partial charge in [0.1, 0.15) is 11.0 Å². The van der Waals surface area contributed by atoms with Crippen LogP contribution in [-0.2, 0) is 10.0 Å². The average molecular weight is 493 g/mol. The Hall–Kier alpha value is -4.03. The van der Waals surface area contributed by atoms with E-state index in [1.807, 2.05) is 24.3 Å². The molecule has 10 nitrogen and oxygen atoms in total. The Morgan fingerprint density at radius 2 is 1.62 bits per heavy atom. The van der Waals surface area contributed by atoms with E-state index >= 15 is 0 Å². The summed E-state index contributed by atoms with van der Waals surface area (Å²) >= 11 is 1.11. The molecule has 3 aromatic carbocycles. The molecule has 0 radical (unpaired) electrons. The van der Waals surface area contributed by atoms with Crippen LogP contribution in [0.5, 0.6) is 0 Å². The fourth-order valence-electron chi connectivity index (χ4n) is 3.40. The van der Waals surface area contributed by atoms with Crippen LogP contribution < -0.4 is 9.62 Å². The molecule has 1 N–H and O–H groups in total. The second-order valence-electron chi connectivity index (χ2n) is 7.44. The third-order valence-electron chi connectivity index (χ3n) is 5.21. The van der Waals surface area contributed by atoms with E-state index < -0.39 is 10.0 Å². The molecule has 2 aromatic heterocycles. The number of nitroso groups, excluding NO2 is 1. The summed E-state index contributed by atoms with van der Waals surface area (Å²) in [5.74, 6) is 0.362. The summed E-state index contributed by atoms with van der Waals surface area (Å²) in [4.78, 5) is 20.9. The lowest BCUT2D eigenvalue weighted by Gasteiger charge is -2.21. The third kappa shape index (κ3) is 3.93. The second-order valence-corrected chi connectivity index (χ2v) is 9.94. The minimum Gasteiger partial charge on any atom is -0.337 e. The number of aromatic nitrogens is 4. The average Bonchev–Trinajstić information content (AvgIpc) is 3.31. The maximum absolute atomic E-state index is 13.5. The van der Waals surface area contributed by atoms with Gasteiger partial charge in [-0.25, -0.2) is 22.7 Å². The highest BCUT2D eigenvalue weighted by atomic mass is 32.2. The number of sulfonamides is 1. The zero-order valence-corrected chi connectivity index (χ0v) is 19.7. The molecule has 0 aliphatic heterocycles. The van der Waals surface area contributed by atoms with Gasteiger partial charge in [0, 0.05) is 34.5 Å². The van der Waals surface area contributed by atoms with Crippen molar-refractivity contribution in [1.29, 1.82) is 0 Å². The molecule has 5 aromatic rings. The zero-order chi connectivity index (χ0) is 23.9. The molecule has 12 heteroatoms. The molecule has 0 aliphatic carbocycles. The molecule has 0 saturated carbocycles. The molecule has 0 saturated heterocycles. The van der Waals surface area contributed by atoms with E-state index in [1.54, 1.807) is 18.2 Å². The number of nitrogens with one attached hydrogen (secondary N) is 1. The van der Waals surface area contributed by atoms with E-state index in [0.717, 1.165) is 21.6 Å². The van der Waals surface area contributed by atoms with E-state index in [2.05, 4.69) is 24.0 Å². The van der Waals surface area contributed by atoms with Crippen LogP contribution in [0.3, 0.4) is 0 Å². The van der Waals surface area contributed by atoms with Crippen LogP contribution >= 0.6 is 11.7 Å². The highest BCUT2D eigenvalue weighted by molar-refractivity contribution is 7.92. The molecule has 0 amide bonds. The molecule has 0 atom stereocenters. The molecular formula is C22H18N7O3S2+. The quantitative estimate of drug-likeness (QED) is 0.349. The number of nitrogens with zero attached hydrogens (tertiary/aromatic N) is 6. The van der Waals surface area contributed by atoms with Crippen LogP contribution in [0.1, 0.15) is 0 Å². The highest BCUT2D eigenvalue weighted by Gasteiger charge is 2.27. The van der Waals surface area contributed by atoms with Crippen molar-refractivity contribution in [2.45, 2.75) is 4.90 Å². The van der Waals surface area contributed by atoms with E-state index in [-0.39, 0.29) is 22.2 Å². The first-order valence-electron chi connectivity index (χ1n) is 10.1. The lowest BCUT2D eigenvalue weighted by molar-refractivity contribution is -0.428. The Labute approximate surface area is 198 Å². The van der Waals surface area contributed by atoms with Gasteiger partial charge in [-0.1, -0.05) is 18.2 Å². The highest BCUT2D eigenvalue weighted by Crippen LogP contribution is 2.32. The van der Waals surface area contributed by atoms with E-state index in [9.17, 15) is 13.3 Å². The van der Waals surface area contributed by atoms with Gasteiger partial charge < -0.3 is 5.32 Å². The fourth-order valence-corrected chi connectivity index (χ4v) is 5.11. The van der Waals surface area contributed by atoms with Crippen LogP contribution in [-0.4, -0.2) is 46.0 Å². The first-order chi connectivity index (χ1) is 16.3. The Balaban J connectivity index is 1.62. The van der Waals surface area contributed by atoms with Gasteiger partial charge in [0.15, 0.2) is 18.7 Å². The Morgan fingerprint density at radius 3 is 2.38 bits per heavy atom. The van der Waals surface area contributed by atoms with Gasteiger partial charge in [0.2, 0.25) is 0 Å². The van der Waals surface area contributed by atoms with Crippen molar-refractivity contribution >= 4 is 66.8 Å². The van der Waals surface area contributed by atoms with Crippen molar-refractivity contribution in [2.75, 3.05) is 23.7 Å². The molecular weight excluding hydrogens is 474 g/mol. The molecule has 2 heterocycles. The van der Waals surface area contributed by atoms with Crippen LogP contribution in [0.25, 0.3) is 22.1 Å². The molecule has 0 spiro atoms. The van der Waals surface area contributed by atoms with Gasteiger partial charge in [-0.2, -0.15) is 8.75 Å². The van der Waals surface area contributed by atoms with Crippen molar-refractivity contribution in [3.05, 3.63) is 71.6 Å². The van der Waals surface area contributed by atoms with Crippen LogP contribution in [0.4, 0.5) is 23.0 Å². The minimum atomic E-state index is -4.05. The maximum atomic E-state index is 13.5. The molecule has 0 bridgehead atoms. The van der Waals surface area contributed by atoms with Gasteiger partial charge >= 0.3 is 0 Å². The second kappa shape index (κ2) is 8.39. The molecule has 34 heavy (non-hydrogen) atoms. The molecule has 5 rings (SSSR count). The number of anilines is 3. The molecule has 0 unspecified atom stereocenters. The Kier molecular flexibility index (Phi) is 5.38. The third-order valence-corrected chi connectivity index (χ3v) is 7.51. The van der Waals surface area contributed by atoms with Crippen molar-refractivity contribution in [2.24, 2.45) is 0 Å². The van der Waals surface area contributed by atoms with Crippen LogP contribution in [0.2, 0.25) is 0 Å². The molecule has 0 fully saturated rings. The van der Waals surface area contributed by atoms with Crippen LogP contribution in [0, 0.1) is 4.91 Å². The minimum absolute atomic E-state index is 0.0360. The van der Waals surface area contributed by atoms with Crippen molar-refractivity contribution < 1.29 is 13.2 Å². The first kappa shape index (κ1) is 21.8. The summed E-state index contributed by atoms with van der Waals surface area (Å²) in [7, 11) is -1.34. The number of fused-ring (bicyclic) bond motifs is 2. The van der Waals surface area contributed by atoms with Crippen molar-refractivity contribution in [3.63, 3.8) is 0 Å². The normalized spacial score (nSPS) is 11.6. The van der Waals surface area contributed by atoms with Crippen molar-refractivity contribution in [3.8, 4) is 0 Å². The van der Waals surface area contributed by atoms with Gasteiger partial charge in [0.05, 0.1) is 27.7 Å². The lowest BCUT2D eigenvalue weighted by atomic mass is 10.2. The van der Waals surface area contributed by atoms with E-state index in [4.69, 9.17) is 0 Å². The molecule has 170 valence electrons. The van der Waals surface area contributed by atoms with Gasteiger partial charge in [-0.15, -0.1) is 0 Å². The fraction of sp³-hybridized carbons (Fsp3) is 0.0909. The zero-order valence-electron chi connectivity index (χ0n) is 18.1. The predicted molar refractivity (Wildman–Crippen MR) is 131 cm³/mol. The SMILES string of the molecule is CN(c1nc2ccccc2nc1Nc1ccc2nsnc2c1)S(=O)(=O)c1cccc([N+](C)=O)c1. The first-order valence-corrected chi connectivity index (χ1v) is 12.3. The monoisotopic (exact) mass is 492 g/mol. The number of rotatable bonds is 6. The smallest absolute Gasteiger partial charge is 0.265 e. The topological polar surface area (TPSA) is 121 Å². The number of hydrogen-bond acceptors (Lipinski definition) is 9. The number of benzene rings is 3. The molecule has 0 aliphatic rings. The number of hydrogen-bond donors (Lipinski definition) is 1. The Bertz CT molecular complexity index is 1670. The van der Waals surface area contributed by atoms with Crippen LogP contribution in [0.15, 0.2) is 71.6 Å².